The molecule has 1 unspecified atom stereocenters. The van der Waals surface area contributed by atoms with Crippen LogP contribution in [0.25, 0.3) is 0 Å². The maximum atomic E-state index is 12.4. The van der Waals surface area contributed by atoms with E-state index in [1.807, 2.05) is 0 Å². The molecule has 0 aliphatic carbocycles. The van der Waals surface area contributed by atoms with Gasteiger partial charge in [-0.25, -0.2) is 0 Å². The average molecular weight is 528 g/mol. The molecule has 0 aromatic heterocycles. The minimum Gasteiger partial charge on any atom is -0.544 e. The Morgan fingerprint density at radius 2 is 1.44 bits per heavy atom. The Labute approximate surface area is 237 Å². The van der Waals surface area contributed by atoms with E-state index in [1.54, 1.807) is 0 Å². The van der Waals surface area contributed by atoms with Crippen LogP contribution in [0.2, 0.25) is 0 Å². The van der Waals surface area contributed by atoms with E-state index in [0.717, 1.165) is 19.3 Å². The minimum absolute atomic E-state index is 0. The second kappa shape index (κ2) is 19.7. The predicted octanol–water partition coefficient (Wildman–Crippen LogP) is -2.74. The molecule has 6 N–H and O–H groups in total. The molecule has 10 nitrogen and oxygen atoms in total. The second-order valence-corrected chi connectivity index (χ2v) is 9.75. The topological polar surface area (TPSA) is 180 Å². The van der Waals surface area contributed by atoms with Gasteiger partial charge < -0.3 is 45.5 Å². The molecule has 1 rings (SSSR count). The number of aliphatic carboxylic acids is 1. The number of aliphatic hydroxyl groups is 5. The van der Waals surface area contributed by atoms with Gasteiger partial charge in [0.1, 0.15) is 24.3 Å². The molecule has 1 saturated heterocycles. The number of hydrogen-bond acceptors (Lipinski definition) is 9. The predicted molar refractivity (Wildman–Crippen MR) is 127 cm³/mol. The van der Waals surface area contributed by atoms with Crippen LogP contribution in [-0.2, 0) is 14.3 Å². The molecule has 11 heteroatoms. The Hall–Kier alpha value is -0.300. The quantitative estimate of drug-likeness (QED) is 0.0767. The van der Waals surface area contributed by atoms with Crippen molar-refractivity contribution in [2.45, 2.75) is 139 Å². The zero-order valence-electron chi connectivity index (χ0n) is 22.1. The van der Waals surface area contributed by atoms with Gasteiger partial charge in [0.05, 0.1) is 18.8 Å². The standard InChI is InChI=1S/C25H47NO9.Na/c1-2-3-4-5-6-7-8-9-10-11-12-13-14-15-20(30)26-21-18(28)16-25(34,24(32)33)35-23(21)22(31)19(29)17-27;/h18-19,21-23,27-29,31,34H,2-17H2,1H3,(H,26,30)(H,32,33);/q;+1/p-1/t18-,19+,21+,22+,23+,25?;/m0./s1. The Balaban J connectivity index is 0.0000122. The summed E-state index contributed by atoms with van der Waals surface area (Å²) in [5.74, 6) is -5.37. The van der Waals surface area contributed by atoms with Crippen LogP contribution in [0.5, 0.6) is 0 Å². The first-order chi connectivity index (χ1) is 16.7. The largest absolute Gasteiger partial charge is 1.00 e. The summed E-state index contributed by atoms with van der Waals surface area (Å²) in [5, 5.41) is 63.2. The van der Waals surface area contributed by atoms with Crippen LogP contribution >= 0.6 is 0 Å². The first kappa shape index (κ1) is 35.7. The van der Waals surface area contributed by atoms with Gasteiger partial charge in [-0.05, 0) is 6.42 Å². The average Bonchev–Trinajstić information content (AvgIpc) is 2.82. The van der Waals surface area contributed by atoms with E-state index in [4.69, 9.17) is 9.84 Å². The van der Waals surface area contributed by atoms with E-state index in [1.165, 1.54) is 57.8 Å². The van der Waals surface area contributed by atoms with Gasteiger partial charge in [-0.3, -0.25) is 4.79 Å². The van der Waals surface area contributed by atoms with Crippen LogP contribution in [0.15, 0.2) is 0 Å². The van der Waals surface area contributed by atoms with E-state index in [9.17, 15) is 35.1 Å². The molecule has 1 amide bonds. The summed E-state index contributed by atoms with van der Waals surface area (Å²) in [6, 6.07) is -1.29. The van der Waals surface area contributed by atoms with Gasteiger partial charge >= 0.3 is 29.6 Å². The maximum Gasteiger partial charge on any atom is 1.00 e. The van der Waals surface area contributed by atoms with Crippen LogP contribution in [0.1, 0.15) is 103 Å². The summed E-state index contributed by atoms with van der Waals surface area (Å²) in [4.78, 5) is 23.6. The van der Waals surface area contributed by atoms with Crippen LogP contribution in [0, 0.1) is 0 Å². The first-order valence-electron chi connectivity index (χ1n) is 13.2. The third kappa shape index (κ3) is 13.0. The monoisotopic (exact) mass is 527 g/mol. The Bertz CT molecular complexity index is 612. The smallest absolute Gasteiger partial charge is 0.544 e. The van der Waals surface area contributed by atoms with Crippen molar-refractivity contribution in [3.63, 3.8) is 0 Å². The zero-order valence-corrected chi connectivity index (χ0v) is 24.1. The van der Waals surface area contributed by atoms with E-state index >= 15 is 0 Å². The van der Waals surface area contributed by atoms with Gasteiger partial charge in [-0.15, -0.1) is 0 Å². The van der Waals surface area contributed by atoms with Crippen molar-refractivity contribution in [3.8, 4) is 0 Å². The fourth-order valence-electron chi connectivity index (χ4n) is 4.46. The van der Waals surface area contributed by atoms with E-state index in [2.05, 4.69) is 12.2 Å². The molecule has 0 aromatic carbocycles. The molecular weight excluding hydrogens is 481 g/mol. The van der Waals surface area contributed by atoms with Gasteiger partial charge in [-0.2, -0.15) is 0 Å². The SMILES string of the molecule is CCCCCCCCCCCCCCCC(=O)N[C@H]1[C@H]([C@H](O)[C@H](O)CO)OC(O)(C(=O)[O-])C[C@@H]1O.[Na+]. The maximum absolute atomic E-state index is 12.4. The van der Waals surface area contributed by atoms with Gasteiger partial charge in [-0.1, -0.05) is 84.0 Å². The Kier molecular flexibility index (Phi) is 19.6. The number of amides is 1. The van der Waals surface area contributed by atoms with Crippen molar-refractivity contribution in [2.75, 3.05) is 6.61 Å². The molecule has 0 bridgehead atoms. The Morgan fingerprint density at radius 3 is 1.89 bits per heavy atom. The molecule has 1 aliphatic heterocycles. The number of carboxylic acids is 1. The molecule has 0 aromatic rings. The molecule has 1 heterocycles. The van der Waals surface area contributed by atoms with Crippen LogP contribution in [0.4, 0.5) is 0 Å². The number of carbonyl (C=O) groups excluding carboxylic acids is 2. The van der Waals surface area contributed by atoms with E-state index in [-0.39, 0.29) is 36.0 Å². The molecule has 1 aliphatic rings. The summed E-state index contributed by atoms with van der Waals surface area (Å²) in [6.07, 6.45) is 7.68. The van der Waals surface area contributed by atoms with E-state index < -0.39 is 61.1 Å². The summed E-state index contributed by atoms with van der Waals surface area (Å²) in [7, 11) is 0. The van der Waals surface area contributed by atoms with Crippen molar-refractivity contribution in [2.24, 2.45) is 0 Å². The molecule has 206 valence electrons. The number of nitrogens with one attached hydrogen (secondary N) is 1. The number of aliphatic hydroxyl groups excluding tert-OH is 4. The van der Waals surface area contributed by atoms with E-state index in [0.29, 0.717) is 6.42 Å². The fourth-order valence-corrected chi connectivity index (χ4v) is 4.46. The second-order valence-electron chi connectivity index (χ2n) is 9.75. The van der Waals surface area contributed by atoms with Gasteiger partial charge in [0.15, 0.2) is 0 Å². The molecule has 0 radical (unpaired) electrons. The number of rotatable bonds is 19. The van der Waals surface area contributed by atoms with Crippen molar-refractivity contribution in [1.82, 2.24) is 5.32 Å². The Morgan fingerprint density at radius 1 is 0.972 bits per heavy atom. The van der Waals surface area contributed by atoms with Gasteiger partial charge in [0, 0.05) is 12.8 Å². The van der Waals surface area contributed by atoms with Crippen LogP contribution in [-0.4, -0.2) is 80.3 Å². The normalized spacial score (nSPS) is 25.6. The van der Waals surface area contributed by atoms with Crippen molar-refractivity contribution >= 4 is 11.9 Å². The fraction of sp³-hybridized carbons (Fsp3) is 0.920. The van der Waals surface area contributed by atoms with Gasteiger partial charge in [0.25, 0.3) is 0 Å². The molecule has 0 spiro atoms. The third-order valence-corrected chi connectivity index (χ3v) is 6.66. The molecule has 0 saturated carbocycles. The van der Waals surface area contributed by atoms with Gasteiger partial charge in [0.2, 0.25) is 11.7 Å². The molecule has 6 atom stereocenters. The summed E-state index contributed by atoms with van der Waals surface area (Å²) in [6.45, 7) is 1.35. The molecule has 1 fully saturated rings. The number of ether oxygens (including phenoxy) is 1. The molecule has 36 heavy (non-hydrogen) atoms. The number of hydrogen-bond donors (Lipinski definition) is 6. The van der Waals surface area contributed by atoms with Crippen molar-refractivity contribution in [3.05, 3.63) is 0 Å². The van der Waals surface area contributed by atoms with Crippen molar-refractivity contribution in [1.29, 1.82) is 0 Å². The summed E-state index contributed by atoms with van der Waals surface area (Å²) in [5.41, 5.74) is 0. The third-order valence-electron chi connectivity index (χ3n) is 6.66. The number of unbranched alkanes of at least 4 members (excludes halogenated alkanes) is 12. The number of carboxylic acid groups (broad SMARTS) is 1. The summed E-state index contributed by atoms with van der Waals surface area (Å²) < 4.78 is 5.02. The minimum atomic E-state index is -2.91. The first-order valence-corrected chi connectivity index (χ1v) is 13.2. The summed E-state index contributed by atoms with van der Waals surface area (Å²) >= 11 is 0. The van der Waals surface area contributed by atoms with Crippen molar-refractivity contribution < 1.29 is 74.5 Å². The molecular formula is C25H46NNaO9. The van der Waals surface area contributed by atoms with Crippen LogP contribution in [0.3, 0.4) is 0 Å². The zero-order chi connectivity index (χ0) is 26.3. The van der Waals surface area contributed by atoms with Crippen LogP contribution < -0.4 is 40.0 Å². The number of carbonyl (C=O) groups is 2.